The largest absolute Gasteiger partial charge is 0.353 e. The zero-order chi connectivity index (χ0) is 20.0. The lowest BCUT2D eigenvalue weighted by Crippen LogP contribution is -2.41. The maximum absolute atomic E-state index is 12.9. The van der Waals surface area contributed by atoms with E-state index in [1.165, 1.54) is 4.88 Å². The molecular formula is C21H31N3O2S. The number of Topliss-reactive ketones (excluding diaryl/α,β-unsaturated/α-hetero) is 1. The van der Waals surface area contributed by atoms with Crippen LogP contribution in [-0.2, 0) is 17.8 Å². The SMILES string of the molecule is CCN(CC(=O)NC(C)C)CC(=O)c1cc(C)n(CCc2cccs2)c1C. The summed E-state index contributed by atoms with van der Waals surface area (Å²) in [5.41, 5.74) is 2.88. The van der Waals surface area contributed by atoms with Gasteiger partial charge in [0, 0.05) is 34.4 Å². The van der Waals surface area contributed by atoms with Crippen molar-refractivity contribution in [3.05, 3.63) is 45.4 Å². The predicted molar refractivity (Wildman–Crippen MR) is 112 cm³/mol. The molecule has 0 fully saturated rings. The average molecular weight is 390 g/mol. The van der Waals surface area contributed by atoms with E-state index < -0.39 is 0 Å². The minimum atomic E-state index is -0.0407. The maximum atomic E-state index is 12.9. The number of rotatable bonds is 10. The van der Waals surface area contributed by atoms with Gasteiger partial charge in [0.25, 0.3) is 0 Å². The van der Waals surface area contributed by atoms with Crippen molar-refractivity contribution < 1.29 is 9.59 Å². The molecule has 0 radical (unpaired) electrons. The van der Waals surface area contributed by atoms with Gasteiger partial charge in [-0.15, -0.1) is 11.3 Å². The molecule has 0 aromatic carbocycles. The Morgan fingerprint density at radius 1 is 1.26 bits per heavy atom. The Balaban J connectivity index is 2.02. The molecule has 148 valence electrons. The molecule has 0 spiro atoms. The van der Waals surface area contributed by atoms with E-state index in [2.05, 4.69) is 27.4 Å². The van der Waals surface area contributed by atoms with E-state index in [0.717, 1.165) is 29.9 Å². The van der Waals surface area contributed by atoms with Gasteiger partial charge in [-0.2, -0.15) is 0 Å². The van der Waals surface area contributed by atoms with E-state index in [1.54, 1.807) is 11.3 Å². The summed E-state index contributed by atoms with van der Waals surface area (Å²) >= 11 is 1.76. The van der Waals surface area contributed by atoms with Gasteiger partial charge in [-0.1, -0.05) is 13.0 Å². The quantitative estimate of drug-likeness (QED) is 0.633. The number of likely N-dealkylation sites (N-methyl/N-ethyl adjacent to an activating group) is 1. The van der Waals surface area contributed by atoms with Gasteiger partial charge in [-0.3, -0.25) is 14.5 Å². The summed E-state index contributed by atoms with van der Waals surface area (Å²) in [4.78, 5) is 28.1. The lowest BCUT2D eigenvalue weighted by atomic mass is 10.1. The number of thiophene rings is 1. The molecule has 5 nitrogen and oxygen atoms in total. The molecule has 0 saturated heterocycles. The van der Waals surface area contributed by atoms with Crippen molar-refractivity contribution >= 4 is 23.0 Å². The number of carbonyl (C=O) groups excluding carboxylic acids is 2. The topological polar surface area (TPSA) is 54.3 Å². The maximum Gasteiger partial charge on any atom is 0.234 e. The fraction of sp³-hybridized carbons (Fsp3) is 0.524. The van der Waals surface area contributed by atoms with Crippen LogP contribution >= 0.6 is 11.3 Å². The molecule has 2 aromatic rings. The van der Waals surface area contributed by atoms with E-state index in [0.29, 0.717) is 6.54 Å². The van der Waals surface area contributed by atoms with Crippen LogP contribution in [0.15, 0.2) is 23.6 Å². The molecule has 0 aliphatic heterocycles. The number of aromatic nitrogens is 1. The van der Waals surface area contributed by atoms with Gasteiger partial charge < -0.3 is 9.88 Å². The van der Waals surface area contributed by atoms with Crippen LogP contribution < -0.4 is 5.32 Å². The second-order valence-corrected chi connectivity index (χ2v) is 8.25. The Hall–Kier alpha value is -1.92. The summed E-state index contributed by atoms with van der Waals surface area (Å²) in [6.45, 7) is 11.9. The predicted octanol–water partition coefficient (Wildman–Crippen LogP) is 3.44. The Labute approximate surface area is 166 Å². The highest BCUT2D eigenvalue weighted by atomic mass is 32.1. The molecular weight excluding hydrogens is 358 g/mol. The van der Waals surface area contributed by atoms with E-state index in [-0.39, 0.29) is 30.8 Å². The third-order valence-corrected chi connectivity index (χ3v) is 5.60. The first-order chi connectivity index (χ1) is 12.8. The highest BCUT2D eigenvalue weighted by Crippen LogP contribution is 2.18. The van der Waals surface area contributed by atoms with Crippen LogP contribution in [0.25, 0.3) is 0 Å². The third kappa shape index (κ3) is 6.04. The van der Waals surface area contributed by atoms with Gasteiger partial charge >= 0.3 is 0 Å². The lowest BCUT2D eigenvalue weighted by Gasteiger charge is -2.20. The molecule has 0 aliphatic rings. The number of hydrogen-bond acceptors (Lipinski definition) is 4. The van der Waals surface area contributed by atoms with Gasteiger partial charge in [0.2, 0.25) is 5.91 Å². The number of nitrogens with one attached hydrogen (secondary N) is 1. The minimum Gasteiger partial charge on any atom is -0.353 e. The summed E-state index contributed by atoms with van der Waals surface area (Å²) in [7, 11) is 0. The first-order valence-electron chi connectivity index (χ1n) is 9.55. The Kier molecular flexibility index (Phi) is 7.80. The van der Waals surface area contributed by atoms with Gasteiger partial charge in [0.1, 0.15) is 0 Å². The Morgan fingerprint density at radius 2 is 2.00 bits per heavy atom. The molecule has 27 heavy (non-hydrogen) atoms. The number of hydrogen-bond donors (Lipinski definition) is 1. The molecule has 1 amide bonds. The van der Waals surface area contributed by atoms with E-state index in [1.807, 2.05) is 45.6 Å². The van der Waals surface area contributed by atoms with Crippen LogP contribution in [0, 0.1) is 13.8 Å². The fourth-order valence-electron chi connectivity index (χ4n) is 3.24. The van der Waals surface area contributed by atoms with Crippen LogP contribution in [0.2, 0.25) is 0 Å². The van der Waals surface area contributed by atoms with Crippen molar-refractivity contribution in [3.8, 4) is 0 Å². The molecule has 2 heterocycles. The van der Waals surface area contributed by atoms with Crippen LogP contribution in [0.4, 0.5) is 0 Å². The van der Waals surface area contributed by atoms with E-state index >= 15 is 0 Å². The molecule has 2 rings (SSSR count). The monoisotopic (exact) mass is 389 g/mol. The number of carbonyl (C=O) groups is 2. The molecule has 0 aliphatic carbocycles. The van der Waals surface area contributed by atoms with Gasteiger partial charge in [-0.25, -0.2) is 0 Å². The van der Waals surface area contributed by atoms with Crippen LogP contribution in [0.3, 0.4) is 0 Å². The molecule has 1 N–H and O–H groups in total. The van der Waals surface area contributed by atoms with E-state index in [9.17, 15) is 9.59 Å². The Morgan fingerprint density at radius 3 is 2.59 bits per heavy atom. The normalized spacial score (nSPS) is 11.4. The zero-order valence-electron chi connectivity index (χ0n) is 17.0. The lowest BCUT2D eigenvalue weighted by molar-refractivity contribution is -0.122. The van der Waals surface area contributed by atoms with Crippen molar-refractivity contribution in [2.45, 2.75) is 53.6 Å². The van der Waals surface area contributed by atoms with Crippen molar-refractivity contribution in [2.24, 2.45) is 0 Å². The molecule has 6 heteroatoms. The number of ketones is 1. The Bertz CT molecular complexity index is 763. The summed E-state index contributed by atoms with van der Waals surface area (Å²) in [6.07, 6.45) is 0.970. The zero-order valence-corrected chi connectivity index (χ0v) is 17.9. The number of aryl methyl sites for hydroxylation is 2. The number of amides is 1. The van der Waals surface area contributed by atoms with Crippen molar-refractivity contribution in [1.29, 1.82) is 0 Å². The first kappa shape index (κ1) is 21.4. The summed E-state index contributed by atoms with van der Waals surface area (Å²) in [6, 6.07) is 6.30. The molecule has 0 unspecified atom stereocenters. The second-order valence-electron chi connectivity index (χ2n) is 7.21. The van der Waals surface area contributed by atoms with Crippen LogP contribution in [0.1, 0.15) is 47.4 Å². The first-order valence-corrected chi connectivity index (χ1v) is 10.4. The summed E-state index contributed by atoms with van der Waals surface area (Å²) < 4.78 is 2.22. The highest BCUT2D eigenvalue weighted by molar-refractivity contribution is 7.09. The van der Waals surface area contributed by atoms with Crippen molar-refractivity contribution in [2.75, 3.05) is 19.6 Å². The fourth-order valence-corrected chi connectivity index (χ4v) is 3.94. The van der Waals surface area contributed by atoms with Gasteiger partial charge in [0.15, 0.2) is 5.78 Å². The molecule has 0 atom stereocenters. The van der Waals surface area contributed by atoms with Crippen molar-refractivity contribution in [3.63, 3.8) is 0 Å². The number of nitrogens with zero attached hydrogens (tertiary/aromatic N) is 2. The smallest absolute Gasteiger partial charge is 0.234 e. The molecule has 0 saturated carbocycles. The molecule has 2 aromatic heterocycles. The van der Waals surface area contributed by atoms with Crippen LogP contribution in [-0.4, -0.2) is 46.8 Å². The molecule has 0 bridgehead atoms. The van der Waals surface area contributed by atoms with Gasteiger partial charge in [-0.05, 0) is 58.2 Å². The average Bonchev–Trinajstić information content (AvgIpc) is 3.20. The standard InChI is InChI=1S/C21H31N3O2S/c1-6-23(14-21(26)22-15(2)3)13-20(25)19-12-16(4)24(17(19)5)10-9-18-8-7-11-27-18/h7-8,11-12,15H,6,9-10,13-14H2,1-5H3,(H,22,26). The summed E-state index contributed by atoms with van der Waals surface area (Å²) in [5, 5.41) is 4.97. The second kappa shape index (κ2) is 9.85. The highest BCUT2D eigenvalue weighted by Gasteiger charge is 2.19. The van der Waals surface area contributed by atoms with Crippen LogP contribution in [0.5, 0.6) is 0 Å². The van der Waals surface area contributed by atoms with E-state index in [4.69, 9.17) is 0 Å². The van der Waals surface area contributed by atoms with Gasteiger partial charge in [0.05, 0.1) is 13.1 Å². The van der Waals surface area contributed by atoms with Crippen molar-refractivity contribution in [1.82, 2.24) is 14.8 Å². The third-order valence-electron chi connectivity index (χ3n) is 4.67. The summed E-state index contributed by atoms with van der Waals surface area (Å²) in [5.74, 6) is 0.0331. The minimum absolute atomic E-state index is 0.0407.